The molecule has 0 radical (unpaired) electrons. The number of primary amides is 1. The van der Waals surface area contributed by atoms with Gasteiger partial charge in [-0.05, 0) is 38.8 Å². The summed E-state index contributed by atoms with van der Waals surface area (Å²) in [6.45, 7) is 1.04. The van der Waals surface area contributed by atoms with Gasteiger partial charge >= 0.3 is 0 Å². The fraction of sp³-hybridized carbons (Fsp3) is 0.474. The lowest BCUT2D eigenvalue weighted by atomic mass is 10.0. The number of pyridine rings is 1. The average molecular weight is 376 g/mol. The summed E-state index contributed by atoms with van der Waals surface area (Å²) in [5, 5.41) is 3.02. The molecule has 2 aromatic rings. The Morgan fingerprint density at radius 1 is 1.30 bits per heavy atom. The largest absolute Gasteiger partial charge is 0.365 e. The number of carbonyl (C=O) groups is 1. The number of piperidine rings is 1. The van der Waals surface area contributed by atoms with Crippen molar-refractivity contribution in [2.24, 2.45) is 5.73 Å². The number of amides is 1. The zero-order valence-electron chi connectivity index (χ0n) is 15.1. The molecule has 0 bridgehead atoms. The first-order valence-electron chi connectivity index (χ1n) is 9.21. The van der Waals surface area contributed by atoms with Crippen molar-refractivity contribution in [1.29, 1.82) is 0 Å². The summed E-state index contributed by atoms with van der Waals surface area (Å²) >= 11 is 0. The molecule has 1 saturated carbocycles. The van der Waals surface area contributed by atoms with Crippen molar-refractivity contribution >= 4 is 22.5 Å². The third kappa shape index (κ3) is 2.97. The summed E-state index contributed by atoms with van der Waals surface area (Å²) in [6, 6.07) is 1.19. The van der Waals surface area contributed by atoms with E-state index in [2.05, 4.69) is 5.32 Å². The summed E-state index contributed by atoms with van der Waals surface area (Å²) in [7, 11) is 1.83. The lowest BCUT2D eigenvalue weighted by Gasteiger charge is -2.35. The van der Waals surface area contributed by atoms with Crippen LogP contribution in [0.4, 0.5) is 14.5 Å². The van der Waals surface area contributed by atoms with Crippen molar-refractivity contribution in [2.45, 2.75) is 37.8 Å². The second-order valence-electron chi connectivity index (χ2n) is 7.37. The molecule has 8 heteroatoms. The Balaban J connectivity index is 1.95. The van der Waals surface area contributed by atoms with Crippen molar-refractivity contribution < 1.29 is 13.6 Å². The van der Waals surface area contributed by atoms with Gasteiger partial charge in [-0.1, -0.05) is 0 Å². The third-order valence-corrected chi connectivity index (χ3v) is 5.54. The van der Waals surface area contributed by atoms with Gasteiger partial charge in [-0.25, -0.2) is 8.78 Å². The molecule has 1 amide bonds. The predicted octanol–water partition coefficient (Wildman–Crippen LogP) is 1.90. The molecule has 1 aliphatic heterocycles. The van der Waals surface area contributed by atoms with Crippen LogP contribution < -0.4 is 21.4 Å². The standard InChI is InChI=1S/C19H22F2N4O2/c1-23-10-3-2-6-24(8-10)17-14(20)7-12-16(15(17)21)25(11-4-5-11)9-13(18(12)26)19(22)27/h7,9-11,23H,2-6,8H2,1H3,(H2,22,27). The van der Waals surface area contributed by atoms with E-state index in [1.807, 2.05) is 7.05 Å². The van der Waals surface area contributed by atoms with E-state index >= 15 is 4.39 Å². The average Bonchev–Trinajstić information content (AvgIpc) is 3.47. The normalized spacial score (nSPS) is 20.3. The molecule has 1 aromatic carbocycles. The number of nitrogens with two attached hydrogens (primary N) is 1. The maximum Gasteiger partial charge on any atom is 0.254 e. The van der Waals surface area contributed by atoms with Crippen LogP contribution in [0.5, 0.6) is 0 Å². The lowest BCUT2D eigenvalue weighted by Crippen LogP contribution is -2.45. The molecule has 1 aromatic heterocycles. The Morgan fingerprint density at radius 3 is 2.67 bits per heavy atom. The number of carbonyl (C=O) groups excluding carboxylic acids is 1. The van der Waals surface area contributed by atoms with Gasteiger partial charge in [0.15, 0.2) is 5.82 Å². The molecule has 1 unspecified atom stereocenters. The first kappa shape index (κ1) is 17.9. The number of hydrogen-bond donors (Lipinski definition) is 2. The van der Waals surface area contributed by atoms with Crippen LogP contribution >= 0.6 is 0 Å². The third-order valence-electron chi connectivity index (χ3n) is 5.54. The number of likely N-dealkylation sites (N-methyl/N-ethyl adjacent to an activating group) is 1. The lowest BCUT2D eigenvalue weighted by molar-refractivity contribution is 0.0998. The van der Waals surface area contributed by atoms with E-state index in [-0.39, 0.29) is 34.2 Å². The van der Waals surface area contributed by atoms with E-state index in [1.165, 1.54) is 6.20 Å². The number of aromatic nitrogens is 1. The number of fused-ring (bicyclic) bond motifs is 1. The van der Waals surface area contributed by atoms with Gasteiger partial charge < -0.3 is 20.5 Å². The minimum Gasteiger partial charge on any atom is -0.365 e. The molecule has 1 saturated heterocycles. The van der Waals surface area contributed by atoms with Crippen molar-refractivity contribution in [3.05, 3.63) is 39.7 Å². The maximum absolute atomic E-state index is 15.5. The maximum atomic E-state index is 15.5. The molecular weight excluding hydrogens is 354 g/mol. The van der Waals surface area contributed by atoms with Crippen molar-refractivity contribution in [3.8, 4) is 0 Å². The summed E-state index contributed by atoms with van der Waals surface area (Å²) in [4.78, 5) is 25.9. The quantitative estimate of drug-likeness (QED) is 0.854. The van der Waals surface area contributed by atoms with Gasteiger partial charge in [0.05, 0.1) is 10.9 Å². The van der Waals surface area contributed by atoms with Gasteiger partial charge in [-0.15, -0.1) is 0 Å². The zero-order valence-corrected chi connectivity index (χ0v) is 15.1. The number of nitrogens with zero attached hydrogens (tertiary/aromatic N) is 2. The summed E-state index contributed by atoms with van der Waals surface area (Å²) in [5.41, 5.74) is 4.26. The molecule has 6 nitrogen and oxygen atoms in total. The van der Waals surface area contributed by atoms with Crippen molar-refractivity contribution in [3.63, 3.8) is 0 Å². The van der Waals surface area contributed by atoms with Crippen LogP contribution in [-0.2, 0) is 0 Å². The van der Waals surface area contributed by atoms with Gasteiger partial charge in [0.25, 0.3) is 5.91 Å². The molecule has 3 N–H and O–H groups in total. The number of anilines is 1. The highest BCUT2D eigenvalue weighted by atomic mass is 19.1. The molecule has 144 valence electrons. The van der Waals surface area contributed by atoms with Crippen molar-refractivity contribution in [2.75, 3.05) is 25.0 Å². The number of nitrogens with one attached hydrogen (secondary N) is 1. The highest BCUT2D eigenvalue weighted by Gasteiger charge is 2.31. The second kappa shape index (κ2) is 6.60. The minimum absolute atomic E-state index is 0.00887. The highest BCUT2D eigenvalue weighted by Crippen LogP contribution is 2.39. The fourth-order valence-electron chi connectivity index (χ4n) is 3.95. The predicted molar refractivity (Wildman–Crippen MR) is 99.2 cm³/mol. The number of halogens is 2. The SMILES string of the molecule is CNC1CCCN(c2c(F)cc3c(=O)c(C(N)=O)cn(C4CC4)c3c2F)C1. The fourth-order valence-corrected chi connectivity index (χ4v) is 3.95. The van der Waals surface area contributed by atoms with Gasteiger partial charge in [0.2, 0.25) is 5.43 Å². The van der Waals surface area contributed by atoms with Gasteiger partial charge in [0.1, 0.15) is 17.1 Å². The zero-order chi connectivity index (χ0) is 19.3. The number of rotatable bonds is 4. The van der Waals surface area contributed by atoms with E-state index in [4.69, 9.17) is 5.73 Å². The van der Waals surface area contributed by atoms with Crippen LogP contribution in [0.2, 0.25) is 0 Å². The van der Waals surface area contributed by atoms with Crippen LogP contribution in [0, 0.1) is 11.6 Å². The summed E-state index contributed by atoms with van der Waals surface area (Å²) < 4.78 is 32.0. The minimum atomic E-state index is -0.894. The smallest absolute Gasteiger partial charge is 0.254 e. The Morgan fingerprint density at radius 2 is 2.04 bits per heavy atom. The number of hydrogen-bond acceptors (Lipinski definition) is 4. The van der Waals surface area contributed by atoms with E-state index < -0.39 is 23.0 Å². The Bertz CT molecular complexity index is 984. The van der Waals surface area contributed by atoms with E-state index in [9.17, 15) is 14.0 Å². The summed E-state index contributed by atoms with van der Waals surface area (Å²) in [5.74, 6) is -2.44. The molecule has 2 aliphatic rings. The van der Waals surface area contributed by atoms with Gasteiger partial charge in [0, 0.05) is 31.4 Å². The van der Waals surface area contributed by atoms with Crippen LogP contribution in [0.15, 0.2) is 17.1 Å². The first-order chi connectivity index (χ1) is 12.9. The van der Waals surface area contributed by atoms with Crippen LogP contribution in [-0.4, -0.2) is 36.7 Å². The van der Waals surface area contributed by atoms with Crippen molar-refractivity contribution in [1.82, 2.24) is 9.88 Å². The van der Waals surface area contributed by atoms with E-state index in [0.29, 0.717) is 13.1 Å². The van der Waals surface area contributed by atoms with Gasteiger partial charge in [-0.3, -0.25) is 9.59 Å². The Labute approximate surface area is 154 Å². The molecule has 1 aliphatic carbocycles. The Hall–Kier alpha value is -2.48. The molecular formula is C19H22F2N4O2. The molecule has 27 heavy (non-hydrogen) atoms. The van der Waals surface area contributed by atoms with Crippen LogP contribution in [0.1, 0.15) is 42.1 Å². The van der Waals surface area contributed by atoms with Crippen LogP contribution in [0.3, 0.4) is 0 Å². The first-order valence-corrected chi connectivity index (χ1v) is 9.21. The van der Waals surface area contributed by atoms with Gasteiger partial charge in [-0.2, -0.15) is 0 Å². The monoisotopic (exact) mass is 376 g/mol. The molecule has 2 fully saturated rings. The topological polar surface area (TPSA) is 80.4 Å². The van der Waals surface area contributed by atoms with Crippen LogP contribution in [0.25, 0.3) is 10.9 Å². The molecule has 1 atom stereocenters. The van der Waals surface area contributed by atoms with E-state index in [0.717, 1.165) is 31.7 Å². The Kier molecular flexibility index (Phi) is 4.38. The van der Waals surface area contributed by atoms with E-state index in [1.54, 1.807) is 9.47 Å². The highest BCUT2D eigenvalue weighted by molar-refractivity contribution is 5.97. The second-order valence-corrected chi connectivity index (χ2v) is 7.37. The molecule has 4 rings (SSSR count). The molecule has 0 spiro atoms. The summed E-state index contributed by atoms with van der Waals surface area (Å²) in [6.07, 6.45) is 4.71. The molecule has 2 heterocycles. The number of benzene rings is 1.